The van der Waals surface area contributed by atoms with Gasteiger partial charge in [0.2, 0.25) is 5.91 Å². The lowest BCUT2D eigenvalue weighted by molar-refractivity contribution is -0.122. The van der Waals surface area contributed by atoms with E-state index in [0.717, 1.165) is 10.0 Å². The summed E-state index contributed by atoms with van der Waals surface area (Å²) in [6.45, 7) is 0.236. The Bertz CT molecular complexity index is 962. The SMILES string of the molecule is COc1cccc(C=C2SC(=S)N(CCC(=O)Nc3cccc(Br)c3)C2=O)c1. The Hall–Kier alpha value is -2.16. The number of hydrogen-bond donors (Lipinski definition) is 1. The molecule has 2 amide bonds. The molecule has 2 aromatic rings. The minimum absolute atomic E-state index is 0.158. The number of benzene rings is 2. The van der Waals surface area contributed by atoms with Gasteiger partial charge in [-0.25, -0.2) is 0 Å². The zero-order chi connectivity index (χ0) is 20.1. The number of amides is 2. The molecule has 0 aromatic heterocycles. The van der Waals surface area contributed by atoms with Crippen LogP contribution < -0.4 is 10.1 Å². The molecule has 0 spiro atoms. The van der Waals surface area contributed by atoms with Crippen LogP contribution in [-0.2, 0) is 9.59 Å². The van der Waals surface area contributed by atoms with E-state index < -0.39 is 0 Å². The van der Waals surface area contributed by atoms with Gasteiger partial charge in [0.05, 0.1) is 12.0 Å². The molecule has 0 atom stereocenters. The number of anilines is 1. The zero-order valence-corrected chi connectivity index (χ0v) is 18.2. The average Bonchev–Trinajstić information content (AvgIpc) is 2.93. The molecule has 1 aliphatic heterocycles. The number of nitrogens with one attached hydrogen (secondary N) is 1. The lowest BCUT2D eigenvalue weighted by Gasteiger charge is -2.14. The van der Waals surface area contributed by atoms with Crippen LogP contribution in [0.25, 0.3) is 6.08 Å². The lowest BCUT2D eigenvalue weighted by atomic mass is 10.2. The number of hydrogen-bond acceptors (Lipinski definition) is 5. The largest absolute Gasteiger partial charge is 0.497 e. The fourth-order valence-electron chi connectivity index (χ4n) is 2.58. The fourth-order valence-corrected chi connectivity index (χ4v) is 4.29. The molecule has 28 heavy (non-hydrogen) atoms. The van der Waals surface area contributed by atoms with E-state index in [-0.39, 0.29) is 24.8 Å². The van der Waals surface area contributed by atoms with Crippen LogP contribution in [0.15, 0.2) is 57.9 Å². The number of halogens is 1. The van der Waals surface area contributed by atoms with Crippen LogP contribution >= 0.6 is 39.9 Å². The van der Waals surface area contributed by atoms with Crippen molar-refractivity contribution in [3.8, 4) is 5.75 Å². The highest BCUT2D eigenvalue weighted by Gasteiger charge is 2.32. The van der Waals surface area contributed by atoms with Gasteiger partial charge in [-0.3, -0.25) is 14.5 Å². The second-order valence-corrected chi connectivity index (χ2v) is 8.51. The maximum absolute atomic E-state index is 12.7. The van der Waals surface area contributed by atoms with Crippen LogP contribution in [0.2, 0.25) is 0 Å². The third-order valence-corrected chi connectivity index (χ3v) is 5.81. The monoisotopic (exact) mass is 476 g/mol. The van der Waals surface area contributed by atoms with Crippen molar-refractivity contribution in [2.75, 3.05) is 19.0 Å². The molecule has 0 bridgehead atoms. The van der Waals surface area contributed by atoms with E-state index in [2.05, 4.69) is 21.2 Å². The maximum Gasteiger partial charge on any atom is 0.266 e. The van der Waals surface area contributed by atoms with Crippen molar-refractivity contribution < 1.29 is 14.3 Å². The Morgan fingerprint density at radius 1 is 1.29 bits per heavy atom. The van der Waals surface area contributed by atoms with Gasteiger partial charge in [0.15, 0.2) is 0 Å². The summed E-state index contributed by atoms with van der Waals surface area (Å²) in [6, 6.07) is 14.8. The Labute approximate surface area is 181 Å². The fraction of sp³-hybridized carbons (Fsp3) is 0.150. The topological polar surface area (TPSA) is 58.6 Å². The number of carbonyl (C=O) groups is 2. The molecule has 0 aliphatic carbocycles. The summed E-state index contributed by atoms with van der Waals surface area (Å²) in [7, 11) is 1.60. The number of ether oxygens (including phenoxy) is 1. The molecule has 0 saturated carbocycles. The van der Waals surface area contributed by atoms with E-state index in [1.54, 1.807) is 19.3 Å². The second kappa shape index (κ2) is 9.36. The highest BCUT2D eigenvalue weighted by atomic mass is 79.9. The zero-order valence-electron chi connectivity index (χ0n) is 15.0. The molecule has 144 valence electrons. The van der Waals surface area contributed by atoms with E-state index in [1.807, 2.05) is 42.5 Å². The van der Waals surface area contributed by atoms with E-state index in [4.69, 9.17) is 17.0 Å². The van der Waals surface area contributed by atoms with Gasteiger partial charge < -0.3 is 10.1 Å². The number of carbonyl (C=O) groups excluding carboxylic acids is 2. The minimum Gasteiger partial charge on any atom is -0.497 e. The average molecular weight is 477 g/mol. The summed E-state index contributed by atoms with van der Waals surface area (Å²) in [5.41, 5.74) is 1.55. The van der Waals surface area contributed by atoms with Crippen molar-refractivity contribution in [3.63, 3.8) is 0 Å². The van der Waals surface area contributed by atoms with Crippen LogP contribution in [-0.4, -0.2) is 34.7 Å². The molecular weight excluding hydrogens is 460 g/mol. The van der Waals surface area contributed by atoms with E-state index in [0.29, 0.717) is 20.7 Å². The predicted octanol–water partition coefficient (Wildman–Crippen LogP) is 4.69. The highest BCUT2D eigenvalue weighted by Crippen LogP contribution is 2.33. The predicted molar refractivity (Wildman–Crippen MR) is 120 cm³/mol. The van der Waals surface area contributed by atoms with E-state index >= 15 is 0 Å². The molecule has 1 N–H and O–H groups in total. The van der Waals surface area contributed by atoms with Gasteiger partial charge in [0, 0.05) is 23.1 Å². The lowest BCUT2D eigenvalue weighted by Crippen LogP contribution is -2.31. The van der Waals surface area contributed by atoms with Gasteiger partial charge >= 0.3 is 0 Å². The van der Waals surface area contributed by atoms with E-state index in [9.17, 15) is 9.59 Å². The van der Waals surface area contributed by atoms with Crippen LogP contribution in [0, 0.1) is 0 Å². The van der Waals surface area contributed by atoms with Gasteiger partial charge in [0.1, 0.15) is 10.1 Å². The van der Waals surface area contributed by atoms with Gasteiger partial charge in [-0.15, -0.1) is 0 Å². The van der Waals surface area contributed by atoms with Crippen molar-refractivity contribution >= 4 is 67.8 Å². The Kier molecular flexibility index (Phi) is 6.88. The standard InChI is InChI=1S/C20H17BrN2O3S2/c1-26-16-7-2-4-13(10-16)11-17-19(25)23(20(27)28-17)9-8-18(24)22-15-6-3-5-14(21)12-15/h2-7,10-12H,8-9H2,1H3,(H,22,24). The molecule has 0 unspecified atom stereocenters. The molecule has 1 saturated heterocycles. The van der Waals surface area contributed by atoms with Crippen molar-refractivity contribution in [1.29, 1.82) is 0 Å². The Morgan fingerprint density at radius 3 is 2.82 bits per heavy atom. The van der Waals surface area contributed by atoms with Gasteiger partial charge in [0.25, 0.3) is 5.91 Å². The third kappa shape index (κ3) is 5.21. The molecule has 1 aliphatic rings. The number of thioether (sulfide) groups is 1. The molecule has 1 heterocycles. The maximum atomic E-state index is 12.7. The third-order valence-electron chi connectivity index (χ3n) is 3.94. The molecule has 1 fully saturated rings. The molecule has 8 heteroatoms. The van der Waals surface area contributed by atoms with Crippen molar-refractivity contribution in [2.45, 2.75) is 6.42 Å². The Morgan fingerprint density at radius 2 is 2.07 bits per heavy atom. The van der Waals surface area contributed by atoms with Crippen molar-refractivity contribution in [2.24, 2.45) is 0 Å². The van der Waals surface area contributed by atoms with Crippen molar-refractivity contribution in [3.05, 3.63) is 63.5 Å². The summed E-state index contributed by atoms with van der Waals surface area (Å²) in [5.74, 6) is 0.352. The number of nitrogens with zero attached hydrogens (tertiary/aromatic N) is 1. The normalized spacial score (nSPS) is 15.2. The Balaban J connectivity index is 1.62. The molecule has 2 aromatic carbocycles. The first-order valence-electron chi connectivity index (χ1n) is 8.41. The summed E-state index contributed by atoms with van der Waals surface area (Å²) < 4.78 is 6.54. The number of rotatable bonds is 6. The van der Waals surface area contributed by atoms with Crippen molar-refractivity contribution in [1.82, 2.24) is 4.90 Å². The number of methoxy groups -OCH3 is 1. The van der Waals surface area contributed by atoms with Gasteiger partial charge in [-0.05, 0) is 42.0 Å². The second-order valence-electron chi connectivity index (χ2n) is 5.92. The first-order valence-corrected chi connectivity index (χ1v) is 10.4. The smallest absolute Gasteiger partial charge is 0.266 e. The van der Waals surface area contributed by atoms with Crippen LogP contribution in [0.1, 0.15) is 12.0 Å². The summed E-state index contributed by atoms with van der Waals surface area (Å²) in [6.07, 6.45) is 1.94. The first kappa shape index (κ1) is 20.6. The highest BCUT2D eigenvalue weighted by molar-refractivity contribution is 9.10. The summed E-state index contributed by atoms with van der Waals surface area (Å²) in [4.78, 5) is 26.9. The quantitative estimate of drug-likeness (QED) is 0.484. The minimum atomic E-state index is -0.187. The molecule has 3 rings (SSSR count). The van der Waals surface area contributed by atoms with Crippen LogP contribution in [0.5, 0.6) is 5.75 Å². The molecular formula is C20H17BrN2O3S2. The van der Waals surface area contributed by atoms with Crippen LogP contribution in [0.4, 0.5) is 5.69 Å². The van der Waals surface area contributed by atoms with Gasteiger partial charge in [-0.2, -0.15) is 0 Å². The summed E-state index contributed by atoms with van der Waals surface area (Å²) in [5, 5.41) is 2.81. The van der Waals surface area contributed by atoms with Crippen LogP contribution in [0.3, 0.4) is 0 Å². The number of thiocarbonyl (C=S) groups is 1. The first-order chi connectivity index (χ1) is 13.5. The molecule has 0 radical (unpaired) electrons. The van der Waals surface area contributed by atoms with Gasteiger partial charge in [-0.1, -0.05) is 58.1 Å². The molecule has 5 nitrogen and oxygen atoms in total. The van der Waals surface area contributed by atoms with E-state index in [1.165, 1.54) is 16.7 Å². The summed E-state index contributed by atoms with van der Waals surface area (Å²) >= 11 is 9.93.